The minimum atomic E-state index is 0.0113. The number of rotatable bonds is 6. The zero-order chi connectivity index (χ0) is 24.0. The first-order valence-electron chi connectivity index (χ1n) is 11.7. The normalized spacial score (nSPS) is 14.0. The summed E-state index contributed by atoms with van der Waals surface area (Å²) in [7, 11) is 0. The first-order valence-corrected chi connectivity index (χ1v) is 12.0. The third kappa shape index (κ3) is 5.44. The Morgan fingerprint density at radius 3 is 2.37 bits per heavy atom. The Labute approximate surface area is 210 Å². The number of benzene rings is 2. The first-order chi connectivity index (χ1) is 17.2. The monoisotopic (exact) mass is 483 g/mol. The fourth-order valence-corrected chi connectivity index (χ4v) is 4.46. The molecule has 0 atom stereocenters. The van der Waals surface area contributed by atoms with Crippen LogP contribution >= 0.6 is 11.6 Å². The molecule has 1 aliphatic rings. The van der Waals surface area contributed by atoms with Crippen LogP contribution in [0.1, 0.15) is 11.1 Å². The summed E-state index contributed by atoms with van der Waals surface area (Å²) in [5.41, 5.74) is 4.87. The molecule has 1 amide bonds. The Kier molecular flexibility index (Phi) is 6.91. The van der Waals surface area contributed by atoms with Gasteiger partial charge in [0.05, 0.1) is 12.2 Å². The van der Waals surface area contributed by atoms with Crippen molar-refractivity contribution in [1.82, 2.24) is 19.7 Å². The summed E-state index contributed by atoms with van der Waals surface area (Å²) in [5, 5.41) is 5.53. The van der Waals surface area contributed by atoms with Crippen LogP contribution in [0.25, 0.3) is 17.3 Å². The fourth-order valence-electron chi connectivity index (χ4n) is 4.27. The van der Waals surface area contributed by atoms with Crippen LogP contribution in [0, 0.1) is 0 Å². The van der Waals surface area contributed by atoms with E-state index in [1.54, 1.807) is 18.5 Å². The lowest BCUT2D eigenvalue weighted by Gasteiger charge is -2.35. The van der Waals surface area contributed by atoms with Crippen molar-refractivity contribution < 1.29 is 4.79 Å². The quantitative estimate of drug-likeness (QED) is 0.362. The summed E-state index contributed by atoms with van der Waals surface area (Å²) in [6, 6.07) is 21.8. The minimum absolute atomic E-state index is 0.0113. The lowest BCUT2D eigenvalue weighted by molar-refractivity contribution is -0.126. The molecule has 1 aliphatic heterocycles. The molecule has 2 aromatic heterocycles. The third-order valence-corrected chi connectivity index (χ3v) is 6.52. The molecular weight excluding hydrogens is 458 g/mol. The molecule has 0 bridgehead atoms. The van der Waals surface area contributed by atoms with Gasteiger partial charge in [0, 0.05) is 72.7 Å². The number of amides is 1. The number of hydrogen-bond acceptors (Lipinski definition) is 4. The molecular formula is C28H26ClN5O. The molecule has 0 unspecified atom stereocenters. The van der Waals surface area contributed by atoms with Crippen molar-refractivity contribution in [3.63, 3.8) is 0 Å². The van der Waals surface area contributed by atoms with Crippen LogP contribution in [0.5, 0.6) is 0 Å². The van der Waals surface area contributed by atoms with Crippen molar-refractivity contribution in [2.24, 2.45) is 0 Å². The molecule has 176 valence electrons. The Balaban J connectivity index is 1.32. The lowest BCUT2D eigenvalue weighted by Crippen LogP contribution is -2.48. The maximum atomic E-state index is 13.0. The van der Waals surface area contributed by atoms with Gasteiger partial charge in [-0.25, -0.2) is 0 Å². The van der Waals surface area contributed by atoms with Gasteiger partial charge in [-0.2, -0.15) is 5.10 Å². The van der Waals surface area contributed by atoms with Crippen LogP contribution in [-0.4, -0.2) is 51.8 Å². The van der Waals surface area contributed by atoms with Gasteiger partial charge in [-0.15, -0.1) is 0 Å². The molecule has 0 aliphatic carbocycles. The van der Waals surface area contributed by atoms with Gasteiger partial charge in [0.25, 0.3) is 0 Å². The Hall–Kier alpha value is -3.90. The summed E-state index contributed by atoms with van der Waals surface area (Å²) in [4.78, 5) is 21.2. The van der Waals surface area contributed by atoms with E-state index in [1.165, 1.54) is 0 Å². The largest absolute Gasteiger partial charge is 0.368 e. The molecule has 7 heteroatoms. The number of pyridine rings is 1. The van der Waals surface area contributed by atoms with Gasteiger partial charge in [0.2, 0.25) is 5.91 Å². The van der Waals surface area contributed by atoms with E-state index in [0.717, 1.165) is 41.2 Å². The highest BCUT2D eigenvalue weighted by molar-refractivity contribution is 6.31. The third-order valence-electron chi connectivity index (χ3n) is 6.15. The van der Waals surface area contributed by atoms with E-state index in [-0.39, 0.29) is 5.91 Å². The molecule has 2 aromatic carbocycles. The van der Waals surface area contributed by atoms with E-state index in [2.05, 4.69) is 9.88 Å². The topological polar surface area (TPSA) is 54.3 Å². The molecule has 0 saturated carbocycles. The van der Waals surface area contributed by atoms with E-state index in [9.17, 15) is 4.79 Å². The van der Waals surface area contributed by atoms with Crippen molar-refractivity contribution in [1.29, 1.82) is 0 Å². The first kappa shape index (κ1) is 22.9. The molecule has 0 N–H and O–H groups in total. The van der Waals surface area contributed by atoms with E-state index in [1.807, 2.05) is 88.6 Å². The predicted molar refractivity (Wildman–Crippen MR) is 140 cm³/mol. The van der Waals surface area contributed by atoms with Gasteiger partial charge in [-0.05, 0) is 29.8 Å². The smallest absolute Gasteiger partial charge is 0.246 e. The summed E-state index contributed by atoms with van der Waals surface area (Å²) < 4.78 is 1.88. The van der Waals surface area contributed by atoms with Crippen LogP contribution in [0.15, 0.2) is 91.4 Å². The van der Waals surface area contributed by atoms with Crippen LogP contribution in [0.2, 0.25) is 5.02 Å². The van der Waals surface area contributed by atoms with Crippen molar-refractivity contribution >= 4 is 29.3 Å². The number of hydrogen-bond donors (Lipinski definition) is 0. The Morgan fingerprint density at radius 2 is 1.63 bits per heavy atom. The van der Waals surface area contributed by atoms with Crippen LogP contribution in [0.4, 0.5) is 5.69 Å². The molecule has 6 nitrogen and oxygen atoms in total. The lowest BCUT2D eigenvalue weighted by atomic mass is 10.1. The van der Waals surface area contributed by atoms with Crippen LogP contribution in [-0.2, 0) is 11.3 Å². The van der Waals surface area contributed by atoms with Crippen molar-refractivity contribution in [2.75, 3.05) is 31.1 Å². The number of halogens is 1. The van der Waals surface area contributed by atoms with Crippen molar-refractivity contribution in [3.05, 3.63) is 108 Å². The summed E-state index contributed by atoms with van der Waals surface area (Å²) >= 11 is 6.36. The van der Waals surface area contributed by atoms with Gasteiger partial charge in [0.1, 0.15) is 0 Å². The Bertz CT molecular complexity index is 1310. The van der Waals surface area contributed by atoms with Crippen LogP contribution in [0.3, 0.4) is 0 Å². The summed E-state index contributed by atoms with van der Waals surface area (Å²) in [5.74, 6) is 0.0113. The average Bonchev–Trinajstić information content (AvgIpc) is 3.32. The molecule has 1 saturated heterocycles. The maximum absolute atomic E-state index is 13.0. The molecule has 0 spiro atoms. The highest BCUT2D eigenvalue weighted by Gasteiger charge is 2.20. The SMILES string of the molecule is O=C(/C=C/c1cn(Cc2ccccc2Cl)nc1-c1ccccc1)N1CCN(c2ccncc2)CC1. The zero-order valence-corrected chi connectivity index (χ0v) is 20.1. The van der Waals surface area contributed by atoms with E-state index < -0.39 is 0 Å². The number of carbonyl (C=O) groups excluding carboxylic acids is 1. The van der Waals surface area contributed by atoms with Gasteiger partial charge >= 0.3 is 0 Å². The molecule has 5 rings (SSSR count). The molecule has 1 fully saturated rings. The second-order valence-corrected chi connectivity index (χ2v) is 8.85. The van der Waals surface area contributed by atoms with Gasteiger partial charge < -0.3 is 9.80 Å². The highest BCUT2D eigenvalue weighted by Crippen LogP contribution is 2.25. The zero-order valence-electron chi connectivity index (χ0n) is 19.3. The van der Waals surface area contributed by atoms with Crippen molar-refractivity contribution in [3.8, 4) is 11.3 Å². The van der Waals surface area contributed by atoms with Crippen LogP contribution < -0.4 is 4.90 Å². The molecule has 0 radical (unpaired) electrons. The summed E-state index contributed by atoms with van der Waals surface area (Å²) in [6.07, 6.45) is 9.09. The van der Waals surface area contributed by atoms with E-state index in [4.69, 9.17) is 16.7 Å². The van der Waals surface area contributed by atoms with E-state index in [0.29, 0.717) is 24.7 Å². The molecule has 3 heterocycles. The Morgan fingerprint density at radius 1 is 0.914 bits per heavy atom. The number of piperazine rings is 1. The number of aromatic nitrogens is 3. The van der Waals surface area contributed by atoms with Gasteiger partial charge in [0.15, 0.2) is 0 Å². The predicted octanol–water partition coefficient (Wildman–Crippen LogP) is 5.01. The molecule has 35 heavy (non-hydrogen) atoms. The highest BCUT2D eigenvalue weighted by atomic mass is 35.5. The van der Waals surface area contributed by atoms with Gasteiger partial charge in [-0.3, -0.25) is 14.5 Å². The standard InChI is InChI=1S/C28H26ClN5O/c29-26-9-5-4-8-23(26)20-34-21-24(28(31-34)22-6-2-1-3-7-22)10-11-27(35)33-18-16-32(17-19-33)25-12-14-30-15-13-25/h1-15,21H,16-20H2/b11-10+. The summed E-state index contributed by atoms with van der Waals surface area (Å²) in [6.45, 7) is 3.52. The fraction of sp³-hybridized carbons (Fsp3) is 0.179. The molecule has 4 aromatic rings. The van der Waals surface area contributed by atoms with E-state index >= 15 is 0 Å². The maximum Gasteiger partial charge on any atom is 0.246 e. The van der Waals surface area contributed by atoms with Crippen molar-refractivity contribution in [2.45, 2.75) is 6.54 Å². The average molecular weight is 484 g/mol. The number of anilines is 1. The number of carbonyl (C=O) groups is 1. The minimum Gasteiger partial charge on any atom is -0.368 e. The second kappa shape index (κ2) is 10.6. The second-order valence-electron chi connectivity index (χ2n) is 8.44. The number of nitrogens with zero attached hydrogens (tertiary/aromatic N) is 5. The van der Waals surface area contributed by atoms with Gasteiger partial charge in [-0.1, -0.05) is 60.1 Å².